The SMILES string of the molecule is c1ccc(P(c2ccccc2)[C@H]2[C@H]3CCC(C3)[C@@H]2P(c2ccccc2)c2ccccc2)cc1. The Morgan fingerprint density at radius 3 is 0.939 bits per heavy atom. The van der Waals surface area contributed by atoms with Crippen LogP contribution in [0, 0.1) is 11.8 Å². The standard InChI is InChI=1S/C31H30P2/c1-5-13-26(14-6-1)32(27-15-7-2-8-16-27)30-24-21-22-25(23-24)31(30)33(28-17-9-3-10-18-28)29-19-11-4-12-20-29/h1-20,24-25,30-31H,21-23H2/t24-,25?,30-,31-/m0/s1. The van der Waals surface area contributed by atoms with Crippen molar-refractivity contribution >= 4 is 37.1 Å². The summed E-state index contributed by atoms with van der Waals surface area (Å²) >= 11 is 0. The zero-order valence-corrected chi connectivity index (χ0v) is 20.7. The molecule has 0 amide bonds. The summed E-state index contributed by atoms with van der Waals surface area (Å²) in [6, 6.07) is 45.8. The fraction of sp³-hybridized carbons (Fsp3) is 0.226. The van der Waals surface area contributed by atoms with E-state index in [0.29, 0.717) is 0 Å². The van der Waals surface area contributed by atoms with Gasteiger partial charge in [0.15, 0.2) is 0 Å². The normalized spacial score (nSPS) is 23.9. The molecule has 4 aromatic carbocycles. The van der Waals surface area contributed by atoms with E-state index in [1.807, 2.05) is 0 Å². The minimum absolute atomic E-state index is 0.403. The molecular formula is C31H30P2. The minimum Gasteiger partial charge on any atom is -0.0622 e. The molecule has 2 aliphatic rings. The molecule has 2 saturated carbocycles. The molecule has 4 aromatic rings. The lowest BCUT2D eigenvalue weighted by Crippen LogP contribution is -2.39. The van der Waals surface area contributed by atoms with Gasteiger partial charge in [0.05, 0.1) is 0 Å². The van der Waals surface area contributed by atoms with Crippen LogP contribution in [0.25, 0.3) is 0 Å². The second kappa shape index (κ2) is 9.54. The average molecular weight is 465 g/mol. The Kier molecular flexibility index (Phi) is 6.15. The smallest absolute Gasteiger partial charge is 0.00240 e. The van der Waals surface area contributed by atoms with Gasteiger partial charge in [0.1, 0.15) is 0 Å². The lowest BCUT2D eigenvalue weighted by atomic mass is 9.99. The zero-order valence-electron chi connectivity index (χ0n) is 18.9. The average Bonchev–Trinajstić information content (AvgIpc) is 3.50. The molecule has 2 heteroatoms. The van der Waals surface area contributed by atoms with Crippen molar-refractivity contribution in [3.8, 4) is 0 Å². The number of fused-ring (bicyclic) bond motifs is 2. The molecule has 6 rings (SSSR count). The van der Waals surface area contributed by atoms with Gasteiger partial charge in [0.25, 0.3) is 0 Å². The molecule has 0 aromatic heterocycles. The van der Waals surface area contributed by atoms with E-state index in [2.05, 4.69) is 121 Å². The van der Waals surface area contributed by atoms with Crippen LogP contribution in [0.1, 0.15) is 19.3 Å². The Bertz CT molecular complexity index is 987. The second-order valence-electron chi connectivity index (χ2n) is 9.40. The van der Waals surface area contributed by atoms with Crippen LogP contribution in [0.5, 0.6) is 0 Å². The first-order chi connectivity index (χ1) is 16.4. The van der Waals surface area contributed by atoms with E-state index >= 15 is 0 Å². The molecule has 33 heavy (non-hydrogen) atoms. The largest absolute Gasteiger partial charge is 0.0622 e. The van der Waals surface area contributed by atoms with Gasteiger partial charge in [0.2, 0.25) is 0 Å². The highest BCUT2D eigenvalue weighted by Gasteiger charge is 2.54. The first kappa shape index (κ1) is 21.3. The van der Waals surface area contributed by atoms with Gasteiger partial charge in [-0.25, -0.2) is 0 Å². The molecule has 2 fully saturated rings. The highest BCUT2D eigenvalue weighted by molar-refractivity contribution is 7.77. The van der Waals surface area contributed by atoms with Crippen LogP contribution in [-0.4, -0.2) is 11.3 Å². The van der Waals surface area contributed by atoms with E-state index in [1.165, 1.54) is 19.3 Å². The lowest BCUT2D eigenvalue weighted by molar-refractivity contribution is 0.498. The van der Waals surface area contributed by atoms with Crippen LogP contribution in [0.2, 0.25) is 0 Å². The van der Waals surface area contributed by atoms with E-state index in [0.717, 1.165) is 23.2 Å². The van der Waals surface area contributed by atoms with Crippen molar-refractivity contribution in [2.75, 3.05) is 0 Å². The Balaban J connectivity index is 1.51. The van der Waals surface area contributed by atoms with E-state index < -0.39 is 15.8 Å². The summed E-state index contributed by atoms with van der Waals surface area (Å²) in [6.07, 6.45) is 4.25. The van der Waals surface area contributed by atoms with Crippen molar-refractivity contribution in [1.82, 2.24) is 0 Å². The first-order valence-electron chi connectivity index (χ1n) is 12.2. The molecule has 2 bridgehead atoms. The summed E-state index contributed by atoms with van der Waals surface area (Å²) in [5, 5.41) is 6.21. The number of hydrogen-bond donors (Lipinski definition) is 0. The predicted molar refractivity (Wildman–Crippen MR) is 147 cm³/mol. The fourth-order valence-corrected chi connectivity index (χ4v) is 13.5. The van der Waals surface area contributed by atoms with Crippen LogP contribution in [0.15, 0.2) is 121 Å². The highest BCUT2D eigenvalue weighted by atomic mass is 31.1. The molecule has 0 nitrogen and oxygen atoms in total. The Morgan fingerprint density at radius 1 is 0.394 bits per heavy atom. The van der Waals surface area contributed by atoms with Crippen LogP contribution >= 0.6 is 15.8 Å². The van der Waals surface area contributed by atoms with Crippen LogP contribution in [0.3, 0.4) is 0 Å². The topological polar surface area (TPSA) is 0 Å². The van der Waals surface area contributed by atoms with Crippen LogP contribution in [-0.2, 0) is 0 Å². The number of rotatable bonds is 6. The van der Waals surface area contributed by atoms with Gasteiger partial charge in [-0.2, -0.15) is 0 Å². The lowest BCUT2D eigenvalue weighted by Gasteiger charge is -2.42. The third-order valence-electron chi connectivity index (χ3n) is 7.56. The van der Waals surface area contributed by atoms with Gasteiger partial charge in [0, 0.05) is 0 Å². The molecule has 0 heterocycles. The van der Waals surface area contributed by atoms with Crippen LogP contribution < -0.4 is 21.2 Å². The summed E-state index contributed by atoms with van der Waals surface area (Å²) in [5.74, 6) is 1.70. The van der Waals surface area contributed by atoms with Crippen molar-refractivity contribution in [3.05, 3.63) is 121 Å². The maximum absolute atomic E-state index is 2.40. The monoisotopic (exact) mass is 464 g/mol. The van der Waals surface area contributed by atoms with Crippen molar-refractivity contribution in [1.29, 1.82) is 0 Å². The number of hydrogen-bond acceptors (Lipinski definition) is 0. The second-order valence-corrected chi connectivity index (χ2v) is 14.1. The van der Waals surface area contributed by atoms with Crippen molar-refractivity contribution in [3.63, 3.8) is 0 Å². The van der Waals surface area contributed by atoms with Gasteiger partial charge in [-0.3, -0.25) is 0 Å². The summed E-state index contributed by atoms with van der Waals surface area (Å²) in [4.78, 5) is 0. The molecule has 1 unspecified atom stereocenters. The maximum Gasteiger partial charge on any atom is -0.00240 e. The fourth-order valence-electron chi connectivity index (χ4n) is 6.30. The van der Waals surface area contributed by atoms with Crippen molar-refractivity contribution in [2.24, 2.45) is 11.8 Å². The highest BCUT2D eigenvalue weighted by Crippen LogP contribution is 2.66. The molecule has 0 N–H and O–H groups in total. The zero-order chi connectivity index (χ0) is 22.0. The first-order valence-corrected chi connectivity index (χ1v) is 15.0. The van der Waals surface area contributed by atoms with Gasteiger partial charge in [-0.1, -0.05) is 121 Å². The summed E-state index contributed by atoms with van der Waals surface area (Å²) < 4.78 is 0. The van der Waals surface area contributed by atoms with Crippen molar-refractivity contribution in [2.45, 2.75) is 30.6 Å². The number of benzene rings is 4. The third kappa shape index (κ3) is 4.10. The van der Waals surface area contributed by atoms with Gasteiger partial charge < -0.3 is 0 Å². The summed E-state index contributed by atoms with van der Waals surface area (Å²) in [6.45, 7) is 0. The maximum atomic E-state index is 2.40. The van der Waals surface area contributed by atoms with E-state index in [1.54, 1.807) is 21.2 Å². The van der Waals surface area contributed by atoms with Crippen molar-refractivity contribution < 1.29 is 0 Å². The summed E-state index contributed by atoms with van der Waals surface area (Å²) in [5.41, 5.74) is 1.49. The van der Waals surface area contributed by atoms with Gasteiger partial charge in [-0.05, 0) is 79.5 Å². The molecule has 0 aliphatic heterocycles. The predicted octanol–water partition coefficient (Wildman–Crippen LogP) is 6.42. The Labute approximate surface area is 200 Å². The van der Waals surface area contributed by atoms with E-state index in [4.69, 9.17) is 0 Å². The van der Waals surface area contributed by atoms with Gasteiger partial charge >= 0.3 is 0 Å². The quantitative estimate of drug-likeness (QED) is 0.289. The van der Waals surface area contributed by atoms with E-state index in [9.17, 15) is 0 Å². The molecule has 4 atom stereocenters. The van der Waals surface area contributed by atoms with Gasteiger partial charge in [-0.15, -0.1) is 0 Å². The van der Waals surface area contributed by atoms with E-state index in [-0.39, 0.29) is 0 Å². The Hall–Kier alpha value is -2.26. The molecular weight excluding hydrogens is 434 g/mol. The minimum atomic E-state index is -0.403. The molecule has 164 valence electrons. The molecule has 0 radical (unpaired) electrons. The third-order valence-corrected chi connectivity index (χ3v) is 13.9. The Morgan fingerprint density at radius 2 is 0.667 bits per heavy atom. The summed E-state index contributed by atoms with van der Waals surface area (Å²) in [7, 11) is -0.806. The van der Waals surface area contributed by atoms with Crippen LogP contribution in [0.4, 0.5) is 0 Å². The molecule has 2 aliphatic carbocycles. The molecule has 0 spiro atoms. The molecule has 0 saturated heterocycles.